The van der Waals surface area contributed by atoms with Gasteiger partial charge in [0, 0.05) is 45.3 Å². The first kappa shape index (κ1) is 19.6. The molecule has 1 aliphatic heterocycles. The predicted octanol–water partition coefficient (Wildman–Crippen LogP) is 4.18. The zero-order valence-electron chi connectivity index (χ0n) is 14.6. The van der Waals surface area contributed by atoms with Gasteiger partial charge in [-0.25, -0.2) is 0 Å². The minimum Gasteiger partial charge on any atom is -0.469 e. The second-order valence-electron chi connectivity index (χ2n) is 5.44. The Morgan fingerprint density at radius 3 is 2.36 bits per heavy atom. The highest BCUT2D eigenvalue weighted by Crippen LogP contribution is 2.63. The molecule has 1 aromatic carbocycles. The zero-order valence-corrected chi connectivity index (χ0v) is 15.5. The van der Waals surface area contributed by atoms with E-state index in [0.717, 1.165) is 5.56 Å². The lowest BCUT2D eigenvalue weighted by Crippen LogP contribution is -2.27. The maximum Gasteiger partial charge on any atom is 0.360 e. The van der Waals surface area contributed by atoms with Crippen LogP contribution >= 0.6 is 7.60 Å². The van der Waals surface area contributed by atoms with Crippen molar-refractivity contribution in [3.63, 3.8) is 0 Å². The average molecular weight is 371 g/mol. The van der Waals surface area contributed by atoms with Crippen LogP contribution in [0.1, 0.15) is 31.7 Å². The Kier molecular flexibility index (Phi) is 6.35. The van der Waals surface area contributed by atoms with E-state index in [-0.39, 0.29) is 11.6 Å². The van der Waals surface area contributed by atoms with E-state index >= 15 is 0 Å². The molecule has 8 nitrogen and oxygen atoms in total. The van der Waals surface area contributed by atoms with Crippen molar-refractivity contribution in [3.8, 4) is 0 Å². The van der Waals surface area contributed by atoms with E-state index in [1.54, 1.807) is 19.1 Å². The first-order valence-corrected chi connectivity index (χ1v) is 9.36. The Labute approximate surface area is 146 Å². The van der Waals surface area contributed by atoms with Gasteiger partial charge >= 0.3 is 7.60 Å². The van der Waals surface area contributed by atoms with Crippen LogP contribution in [0.4, 0.5) is 5.69 Å². The summed E-state index contributed by atoms with van der Waals surface area (Å²) in [5, 5.41) is 11.3. The summed E-state index contributed by atoms with van der Waals surface area (Å²) < 4.78 is 34.6. The Balaban J connectivity index is 2.50. The summed E-state index contributed by atoms with van der Waals surface area (Å²) in [7, 11) is -0.922. The molecule has 0 aromatic heterocycles. The topological polar surface area (TPSA) is 97.1 Å². The number of non-ortho nitro benzene ring substituents is 1. The standard InChI is InChI=1S/C16H22NO7P/c1-5-23-15-10-14(12-6-8-13(9-7-12)17(18)19)16(11(2)24-15)25(20,21-3)22-4/h6-9,14-15H,5,10H2,1-4H3/t14-,15-/m0/s1. The number of hydrogen-bond acceptors (Lipinski definition) is 7. The van der Waals surface area contributed by atoms with Gasteiger partial charge in [0.1, 0.15) is 5.76 Å². The molecular formula is C16H22NO7P. The van der Waals surface area contributed by atoms with Crippen LogP contribution in [0.5, 0.6) is 0 Å². The third-order valence-corrected chi connectivity index (χ3v) is 6.24. The Hall–Kier alpha value is -1.73. The zero-order chi connectivity index (χ0) is 18.6. The molecule has 0 unspecified atom stereocenters. The fourth-order valence-corrected chi connectivity index (χ4v) is 4.54. The fraction of sp³-hybridized carbons (Fsp3) is 0.500. The van der Waals surface area contributed by atoms with Crippen molar-refractivity contribution in [3.05, 3.63) is 51.0 Å². The third kappa shape index (κ3) is 4.10. The maximum absolute atomic E-state index is 13.0. The number of ether oxygens (including phenoxy) is 2. The largest absolute Gasteiger partial charge is 0.469 e. The number of benzene rings is 1. The first-order valence-electron chi connectivity index (χ1n) is 7.81. The van der Waals surface area contributed by atoms with Crippen molar-refractivity contribution >= 4 is 13.3 Å². The quantitative estimate of drug-likeness (QED) is 0.403. The van der Waals surface area contributed by atoms with Gasteiger partial charge in [-0.3, -0.25) is 14.7 Å². The van der Waals surface area contributed by atoms with Gasteiger partial charge in [-0.15, -0.1) is 0 Å². The molecule has 0 fully saturated rings. The molecule has 0 spiro atoms. The van der Waals surface area contributed by atoms with Gasteiger partial charge in [0.25, 0.3) is 5.69 Å². The molecule has 0 N–H and O–H groups in total. The van der Waals surface area contributed by atoms with Crippen molar-refractivity contribution in [2.45, 2.75) is 32.5 Å². The summed E-state index contributed by atoms with van der Waals surface area (Å²) in [6.45, 7) is 4.00. The van der Waals surface area contributed by atoms with E-state index in [4.69, 9.17) is 18.5 Å². The summed E-state index contributed by atoms with van der Waals surface area (Å²) in [6, 6.07) is 6.11. The lowest BCUT2D eigenvalue weighted by atomic mass is 9.92. The predicted molar refractivity (Wildman–Crippen MR) is 91.3 cm³/mol. The molecular weight excluding hydrogens is 349 g/mol. The number of nitro groups is 1. The molecule has 1 aromatic rings. The smallest absolute Gasteiger partial charge is 0.360 e. The van der Waals surface area contributed by atoms with Crippen molar-refractivity contribution in [1.29, 1.82) is 0 Å². The molecule has 9 heteroatoms. The van der Waals surface area contributed by atoms with Crippen LogP contribution in [0.2, 0.25) is 0 Å². The number of rotatable bonds is 7. The van der Waals surface area contributed by atoms with E-state index in [9.17, 15) is 14.7 Å². The van der Waals surface area contributed by atoms with Crippen LogP contribution in [-0.4, -0.2) is 32.0 Å². The lowest BCUT2D eigenvalue weighted by molar-refractivity contribution is -0.384. The van der Waals surface area contributed by atoms with Gasteiger partial charge in [0.2, 0.25) is 0 Å². The third-order valence-electron chi connectivity index (χ3n) is 4.06. The Bertz CT molecular complexity index is 693. The number of nitrogens with zero attached hydrogens (tertiary/aromatic N) is 1. The molecule has 1 heterocycles. The van der Waals surface area contributed by atoms with E-state index in [2.05, 4.69) is 0 Å². The van der Waals surface area contributed by atoms with Crippen molar-refractivity contribution in [1.82, 2.24) is 0 Å². The van der Waals surface area contributed by atoms with Crippen LogP contribution < -0.4 is 0 Å². The van der Waals surface area contributed by atoms with Crippen molar-refractivity contribution < 1.29 is 28.0 Å². The summed E-state index contributed by atoms with van der Waals surface area (Å²) in [5.74, 6) is 0.0527. The van der Waals surface area contributed by atoms with Crippen LogP contribution in [0.25, 0.3) is 0 Å². The van der Waals surface area contributed by atoms with Gasteiger partial charge in [-0.05, 0) is 19.4 Å². The minimum absolute atomic E-state index is 0.0129. The van der Waals surface area contributed by atoms with Gasteiger partial charge < -0.3 is 18.5 Å². The highest BCUT2D eigenvalue weighted by atomic mass is 31.2. The molecule has 0 saturated carbocycles. The molecule has 2 rings (SSSR count). The molecule has 0 saturated heterocycles. The average Bonchev–Trinajstić information content (AvgIpc) is 2.61. The highest BCUT2D eigenvalue weighted by molar-refractivity contribution is 7.58. The number of allylic oxidation sites excluding steroid dienone is 2. The van der Waals surface area contributed by atoms with E-state index < -0.39 is 18.8 Å². The molecule has 0 bridgehead atoms. The van der Waals surface area contributed by atoms with Crippen molar-refractivity contribution in [2.24, 2.45) is 0 Å². The van der Waals surface area contributed by atoms with Crippen LogP contribution in [0.3, 0.4) is 0 Å². The van der Waals surface area contributed by atoms with Crippen LogP contribution in [0, 0.1) is 10.1 Å². The summed E-state index contributed by atoms with van der Waals surface area (Å²) >= 11 is 0. The van der Waals surface area contributed by atoms with Crippen LogP contribution in [0.15, 0.2) is 35.3 Å². The monoisotopic (exact) mass is 371 g/mol. The normalized spacial score (nSPS) is 21.1. The second kappa shape index (κ2) is 8.10. The van der Waals surface area contributed by atoms with E-state index in [1.165, 1.54) is 26.4 Å². The van der Waals surface area contributed by atoms with Gasteiger partial charge in [0.05, 0.1) is 10.2 Å². The Morgan fingerprint density at radius 1 is 1.28 bits per heavy atom. The van der Waals surface area contributed by atoms with Gasteiger partial charge in [0.15, 0.2) is 6.29 Å². The molecule has 25 heavy (non-hydrogen) atoms. The second-order valence-corrected chi connectivity index (χ2v) is 7.65. The SMILES string of the molecule is CCO[C@@H]1C[C@@H](c2ccc([N+](=O)[O-])cc2)C(P(=O)(OC)OC)=C(C)O1. The van der Waals surface area contributed by atoms with Gasteiger partial charge in [-0.2, -0.15) is 0 Å². The first-order chi connectivity index (χ1) is 11.9. The van der Waals surface area contributed by atoms with E-state index in [1.807, 2.05) is 6.92 Å². The number of hydrogen-bond donors (Lipinski definition) is 0. The molecule has 2 atom stereocenters. The minimum atomic E-state index is -3.55. The summed E-state index contributed by atoms with van der Waals surface area (Å²) in [5.41, 5.74) is 0.739. The molecule has 0 radical (unpaired) electrons. The molecule has 1 aliphatic rings. The molecule has 0 aliphatic carbocycles. The highest BCUT2D eigenvalue weighted by Gasteiger charge is 2.42. The fourth-order valence-electron chi connectivity index (χ4n) is 2.92. The lowest BCUT2D eigenvalue weighted by Gasteiger charge is -2.35. The van der Waals surface area contributed by atoms with Gasteiger partial charge in [-0.1, -0.05) is 12.1 Å². The van der Waals surface area contributed by atoms with E-state index in [0.29, 0.717) is 24.1 Å². The Morgan fingerprint density at radius 2 is 1.88 bits per heavy atom. The summed E-state index contributed by atoms with van der Waals surface area (Å²) in [4.78, 5) is 10.4. The van der Waals surface area contributed by atoms with Crippen molar-refractivity contribution in [2.75, 3.05) is 20.8 Å². The maximum atomic E-state index is 13.0. The summed E-state index contributed by atoms with van der Waals surface area (Å²) in [6.07, 6.45) is -0.106. The van der Waals surface area contributed by atoms with Crippen LogP contribution in [-0.2, 0) is 23.1 Å². The molecule has 0 amide bonds. The molecule has 138 valence electrons. The number of nitro benzene ring substituents is 1.